The summed E-state index contributed by atoms with van der Waals surface area (Å²) in [6.07, 6.45) is 3.62. The molecule has 1 aliphatic rings. The van der Waals surface area contributed by atoms with Crippen LogP contribution in [-0.4, -0.2) is 30.7 Å². The van der Waals surface area contributed by atoms with E-state index in [-0.39, 0.29) is 0 Å². The van der Waals surface area contributed by atoms with Crippen molar-refractivity contribution in [3.8, 4) is 16.9 Å². The molecule has 2 heterocycles. The zero-order valence-electron chi connectivity index (χ0n) is 15.2. The molecule has 1 aromatic heterocycles. The molecule has 5 nitrogen and oxygen atoms in total. The summed E-state index contributed by atoms with van der Waals surface area (Å²) in [5.41, 5.74) is 5.33. The van der Waals surface area contributed by atoms with E-state index in [0.717, 1.165) is 48.8 Å². The molecule has 0 spiro atoms. The molecular weight excluding hydrogens is 340 g/mol. The number of fused-ring (bicyclic) bond motifs is 3. The third kappa shape index (κ3) is 3.46. The molecule has 2 aromatic carbocycles. The van der Waals surface area contributed by atoms with E-state index in [1.54, 1.807) is 13.2 Å². The summed E-state index contributed by atoms with van der Waals surface area (Å²) in [5.74, 6) is -0.538. The second kappa shape index (κ2) is 7.29. The number of carbonyl (C=O) groups excluding carboxylic acids is 1. The molecule has 1 aliphatic heterocycles. The quantitative estimate of drug-likeness (QED) is 0.724. The summed E-state index contributed by atoms with van der Waals surface area (Å²) in [7, 11) is 1.59. The van der Waals surface area contributed by atoms with Crippen molar-refractivity contribution in [1.82, 2.24) is 9.88 Å². The van der Waals surface area contributed by atoms with Gasteiger partial charge in [-0.2, -0.15) is 0 Å². The predicted molar refractivity (Wildman–Crippen MR) is 105 cm³/mol. The molecule has 0 saturated carbocycles. The lowest BCUT2D eigenvalue weighted by Crippen LogP contribution is -2.18. The minimum atomic E-state index is -1.22. The Morgan fingerprint density at radius 1 is 1.19 bits per heavy atom. The van der Waals surface area contributed by atoms with Crippen LogP contribution in [0.4, 0.5) is 0 Å². The number of carbonyl (C=O) groups is 1. The first-order valence-corrected chi connectivity index (χ1v) is 9.06. The number of hydrogen-bond acceptors (Lipinski definition) is 4. The molecule has 0 saturated heterocycles. The lowest BCUT2D eigenvalue weighted by molar-refractivity contribution is -0.297. The van der Waals surface area contributed by atoms with Crippen LogP contribution in [0.1, 0.15) is 11.3 Å². The molecule has 0 amide bonds. The SMILES string of the molecule is COc1ccc(-c2ccc3cc4n(c3c2)CCNCC4)c(/C=C/C(=O)[O-])c1. The monoisotopic (exact) mass is 361 g/mol. The Hall–Kier alpha value is -3.05. The summed E-state index contributed by atoms with van der Waals surface area (Å²) >= 11 is 0. The predicted octanol–water partition coefficient (Wildman–Crippen LogP) is 2.23. The molecular formula is C22H21N2O3-. The van der Waals surface area contributed by atoms with E-state index in [2.05, 4.69) is 34.1 Å². The highest BCUT2D eigenvalue weighted by atomic mass is 16.5. The molecule has 0 atom stereocenters. The van der Waals surface area contributed by atoms with Crippen molar-refractivity contribution in [2.75, 3.05) is 20.2 Å². The summed E-state index contributed by atoms with van der Waals surface area (Å²) < 4.78 is 7.66. The second-order valence-corrected chi connectivity index (χ2v) is 6.67. The topological polar surface area (TPSA) is 66.3 Å². The van der Waals surface area contributed by atoms with Crippen LogP contribution in [0.5, 0.6) is 5.75 Å². The standard InChI is InChI=1S/C22H22N2O3/c1-27-19-5-6-20(15(13-19)4-7-22(25)26)16-2-3-17-12-18-8-9-23-10-11-24(18)21(17)14-16/h2-7,12-14,23H,8-11H2,1H3,(H,25,26)/p-1/b7-4+. The Balaban J connectivity index is 1.84. The van der Waals surface area contributed by atoms with Crippen molar-refractivity contribution in [3.63, 3.8) is 0 Å². The normalized spacial score (nSPS) is 14.3. The Bertz CT molecular complexity index is 1030. The summed E-state index contributed by atoms with van der Waals surface area (Å²) in [5, 5.41) is 15.5. The van der Waals surface area contributed by atoms with E-state index in [4.69, 9.17) is 4.74 Å². The number of ether oxygens (including phenoxy) is 1. The van der Waals surface area contributed by atoms with Crippen molar-refractivity contribution < 1.29 is 14.6 Å². The maximum absolute atomic E-state index is 10.9. The third-order valence-corrected chi connectivity index (χ3v) is 5.03. The lowest BCUT2D eigenvalue weighted by Gasteiger charge is -2.11. The number of rotatable bonds is 4. The van der Waals surface area contributed by atoms with Gasteiger partial charge in [0.05, 0.1) is 13.1 Å². The first-order chi connectivity index (χ1) is 13.2. The van der Waals surface area contributed by atoms with E-state index in [0.29, 0.717) is 5.75 Å². The van der Waals surface area contributed by atoms with Crippen molar-refractivity contribution in [2.24, 2.45) is 0 Å². The van der Waals surface area contributed by atoms with Crippen LogP contribution in [-0.2, 0) is 17.8 Å². The van der Waals surface area contributed by atoms with E-state index < -0.39 is 5.97 Å². The van der Waals surface area contributed by atoms with Crippen LogP contribution in [0.2, 0.25) is 0 Å². The molecule has 0 radical (unpaired) electrons. The number of aliphatic carboxylic acids is 1. The van der Waals surface area contributed by atoms with Gasteiger partial charge in [-0.3, -0.25) is 0 Å². The fourth-order valence-corrected chi connectivity index (χ4v) is 3.71. The van der Waals surface area contributed by atoms with Crippen molar-refractivity contribution in [1.29, 1.82) is 0 Å². The highest BCUT2D eigenvalue weighted by Crippen LogP contribution is 2.32. The summed E-state index contributed by atoms with van der Waals surface area (Å²) in [6.45, 7) is 2.91. The molecule has 3 aromatic rings. The van der Waals surface area contributed by atoms with E-state index >= 15 is 0 Å². The van der Waals surface area contributed by atoms with E-state index in [1.165, 1.54) is 16.6 Å². The number of aromatic nitrogens is 1. The summed E-state index contributed by atoms with van der Waals surface area (Å²) in [6, 6.07) is 14.3. The number of carboxylic acids is 1. The summed E-state index contributed by atoms with van der Waals surface area (Å²) in [4.78, 5) is 10.9. The van der Waals surface area contributed by atoms with E-state index in [9.17, 15) is 9.90 Å². The lowest BCUT2D eigenvalue weighted by atomic mass is 9.98. The number of benzene rings is 2. The maximum Gasteiger partial charge on any atom is 0.119 e. The van der Waals surface area contributed by atoms with Gasteiger partial charge >= 0.3 is 0 Å². The van der Waals surface area contributed by atoms with Gasteiger partial charge in [-0.15, -0.1) is 0 Å². The molecule has 1 N–H and O–H groups in total. The molecule has 138 valence electrons. The fraction of sp³-hybridized carbons (Fsp3) is 0.227. The molecule has 0 unspecified atom stereocenters. The maximum atomic E-state index is 10.9. The van der Waals surface area contributed by atoms with Crippen molar-refractivity contribution in [2.45, 2.75) is 13.0 Å². The molecule has 4 rings (SSSR count). The first-order valence-electron chi connectivity index (χ1n) is 9.06. The molecule has 0 fully saturated rings. The van der Waals surface area contributed by atoms with Crippen LogP contribution in [0, 0.1) is 0 Å². The number of nitrogens with one attached hydrogen (secondary N) is 1. The third-order valence-electron chi connectivity index (χ3n) is 5.03. The zero-order chi connectivity index (χ0) is 18.8. The average Bonchev–Trinajstić information content (AvgIpc) is 2.85. The van der Waals surface area contributed by atoms with Gasteiger partial charge in [0, 0.05) is 37.3 Å². The van der Waals surface area contributed by atoms with Crippen LogP contribution in [0.15, 0.2) is 48.5 Å². The largest absolute Gasteiger partial charge is 0.545 e. The zero-order valence-corrected chi connectivity index (χ0v) is 15.2. The molecule has 0 bridgehead atoms. The van der Waals surface area contributed by atoms with Gasteiger partial charge in [-0.05, 0) is 52.4 Å². The smallest absolute Gasteiger partial charge is 0.119 e. The number of nitrogens with zero attached hydrogens (tertiary/aromatic N) is 1. The first kappa shape index (κ1) is 17.4. The molecule has 27 heavy (non-hydrogen) atoms. The van der Waals surface area contributed by atoms with Crippen LogP contribution >= 0.6 is 0 Å². The second-order valence-electron chi connectivity index (χ2n) is 6.67. The van der Waals surface area contributed by atoms with E-state index in [1.807, 2.05) is 18.2 Å². The van der Waals surface area contributed by atoms with Gasteiger partial charge in [0.2, 0.25) is 0 Å². The molecule has 5 heteroatoms. The average molecular weight is 361 g/mol. The van der Waals surface area contributed by atoms with Gasteiger partial charge in [0.1, 0.15) is 5.75 Å². The van der Waals surface area contributed by atoms with Crippen LogP contribution in [0.3, 0.4) is 0 Å². The van der Waals surface area contributed by atoms with Crippen LogP contribution < -0.4 is 15.2 Å². The van der Waals surface area contributed by atoms with Crippen molar-refractivity contribution in [3.05, 3.63) is 59.8 Å². The Morgan fingerprint density at radius 2 is 2.07 bits per heavy atom. The fourth-order valence-electron chi connectivity index (χ4n) is 3.71. The Kier molecular flexibility index (Phi) is 4.69. The highest BCUT2D eigenvalue weighted by molar-refractivity contribution is 5.90. The minimum absolute atomic E-state index is 0.681. The van der Waals surface area contributed by atoms with Gasteiger partial charge < -0.3 is 24.5 Å². The van der Waals surface area contributed by atoms with Gasteiger partial charge in [0.25, 0.3) is 0 Å². The van der Waals surface area contributed by atoms with Crippen molar-refractivity contribution >= 4 is 22.9 Å². The van der Waals surface area contributed by atoms with Gasteiger partial charge in [-0.25, -0.2) is 0 Å². The van der Waals surface area contributed by atoms with Gasteiger partial charge in [-0.1, -0.05) is 24.3 Å². The number of hydrogen-bond donors (Lipinski definition) is 1. The highest BCUT2D eigenvalue weighted by Gasteiger charge is 2.13. The number of methoxy groups -OCH3 is 1. The minimum Gasteiger partial charge on any atom is -0.545 e. The molecule has 0 aliphatic carbocycles. The Morgan fingerprint density at radius 3 is 2.89 bits per heavy atom. The number of carboxylic acid groups (broad SMARTS) is 1. The van der Waals surface area contributed by atoms with Gasteiger partial charge in [0.15, 0.2) is 0 Å². The Labute approximate surface area is 157 Å². The van der Waals surface area contributed by atoms with Crippen LogP contribution in [0.25, 0.3) is 28.1 Å².